The van der Waals surface area contributed by atoms with Crippen molar-refractivity contribution in [2.45, 2.75) is 19.4 Å². The number of fused-ring (bicyclic) bond motifs is 1. The quantitative estimate of drug-likeness (QED) is 0.546. The van der Waals surface area contributed by atoms with Crippen LogP contribution in [0.25, 0.3) is 22.3 Å². The molecule has 146 valence electrons. The summed E-state index contributed by atoms with van der Waals surface area (Å²) in [6.45, 7) is 2.48. The maximum absolute atomic E-state index is 6.54. The van der Waals surface area contributed by atoms with Gasteiger partial charge in [0.2, 0.25) is 5.95 Å². The molecule has 0 atom stereocenters. The highest BCUT2D eigenvalue weighted by Crippen LogP contribution is 2.36. The summed E-state index contributed by atoms with van der Waals surface area (Å²) in [5.74, 6) is 1.24. The number of hydrogen-bond acceptors (Lipinski definition) is 5. The Morgan fingerprint density at radius 2 is 1.66 bits per heavy atom. The van der Waals surface area contributed by atoms with Crippen LogP contribution in [0.2, 0.25) is 5.02 Å². The Morgan fingerprint density at radius 3 is 2.41 bits per heavy atom. The van der Waals surface area contributed by atoms with Crippen LogP contribution in [0.1, 0.15) is 18.4 Å². The minimum absolute atomic E-state index is 0.548. The summed E-state index contributed by atoms with van der Waals surface area (Å²) < 4.78 is 1.79. The first kappa shape index (κ1) is 17.9. The molecular formula is C22H21ClN6. The predicted octanol–water partition coefficient (Wildman–Crippen LogP) is 4.38. The molecule has 1 aliphatic rings. The molecule has 0 radical (unpaired) electrons. The monoisotopic (exact) mass is 404 g/mol. The lowest BCUT2D eigenvalue weighted by molar-refractivity contribution is 0.703. The van der Waals surface area contributed by atoms with Gasteiger partial charge in [-0.1, -0.05) is 60.1 Å². The van der Waals surface area contributed by atoms with E-state index in [2.05, 4.69) is 17.0 Å². The van der Waals surface area contributed by atoms with Crippen LogP contribution in [0.4, 0.5) is 11.8 Å². The maximum atomic E-state index is 6.54. The van der Waals surface area contributed by atoms with Crippen molar-refractivity contribution in [3.63, 3.8) is 0 Å². The first-order valence-corrected chi connectivity index (χ1v) is 10.2. The van der Waals surface area contributed by atoms with E-state index in [1.54, 1.807) is 4.68 Å². The second kappa shape index (κ2) is 7.37. The van der Waals surface area contributed by atoms with E-state index in [0.29, 0.717) is 29.0 Å². The van der Waals surface area contributed by atoms with E-state index in [1.807, 2.05) is 42.5 Å². The van der Waals surface area contributed by atoms with Gasteiger partial charge in [-0.2, -0.15) is 4.98 Å². The number of nitrogen functional groups attached to an aromatic ring is 1. The van der Waals surface area contributed by atoms with E-state index in [4.69, 9.17) is 32.4 Å². The lowest BCUT2D eigenvalue weighted by atomic mass is 10.1. The molecule has 29 heavy (non-hydrogen) atoms. The second-order valence-electron chi connectivity index (χ2n) is 7.27. The van der Waals surface area contributed by atoms with E-state index in [9.17, 15) is 0 Å². The van der Waals surface area contributed by atoms with E-state index in [1.165, 1.54) is 0 Å². The van der Waals surface area contributed by atoms with Crippen LogP contribution in [0, 0.1) is 0 Å². The van der Waals surface area contributed by atoms with Crippen LogP contribution in [-0.2, 0) is 6.54 Å². The number of halogens is 1. The maximum Gasteiger partial charge on any atom is 0.228 e. The molecule has 2 aromatic carbocycles. The number of nitrogens with two attached hydrogens (primary N) is 1. The predicted molar refractivity (Wildman–Crippen MR) is 117 cm³/mol. The van der Waals surface area contributed by atoms with Crippen molar-refractivity contribution < 1.29 is 0 Å². The zero-order valence-corrected chi connectivity index (χ0v) is 16.7. The Morgan fingerprint density at radius 1 is 0.931 bits per heavy atom. The van der Waals surface area contributed by atoms with E-state index in [0.717, 1.165) is 48.1 Å². The van der Waals surface area contributed by atoms with Gasteiger partial charge < -0.3 is 10.6 Å². The molecule has 7 heteroatoms. The smallest absolute Gasteiger partial charge is 0.228 e. The SMILES string of the molecule is Nc1c2c(-c3ccccc3Cl)nc(N3CCCC3)nc2nn1Cc1ccccc1. The molecule has 4 aromatic rings. The highest BCUT2D eigenvalue weighted by molar-refractivity contribution is 6.33. The van der Waals surface area contributed by atoms with E-state index < -0.39 is 0 Å². The van der Waals surface area contributed by atoms with Crippen LogP contribution in [0.5, 0.6) is 0 Å². The Labute approximate surface area is 173 Å². The van der Waals surface area contributed by atoms with Gasteiger partial charge in [0.05, 0.1) is 17.6 Å². The molecule has 5 rings (SSSR count). The fourth-order valence-electron chi connectivity index (χ4n) is 3.83. The van der Waals surface area contributed by atoms with Gasteiger partial charge >= 0.3 is 0 Å². The topological polar surface area (TPSA) is 72.9 Å². The lowest BCUT2D eigenvalue weighted by Gasteiger charge is -2.16. The summed E-state index contributed by atoms with van der Waals surface area (Å²) >= 11 is 6.52. The summed E-state index contributed by atoms with van der Waals surface area (Å²) in [5, 5.41) is 6.11. The van der Waals surface area contributed by atoms with E-state index in [-0.39, 0.29) is 0 Å². The highest BCUT2D eigenvalue weighted by atomic mass is 35.5. The third kappa shape index (κ3) is 3.29. The van der Waals surface area contributed by atoms with Gasteiger partial charge in [-0.3, -0.25) is 0 Å². The molecule has 6 nitrogen and oxygen atoms in total. The Kier molecular flexibility index (Phi) is 4.56. The molecule has 0 spiro atoms. The zero-order valence-electron chi connectivity index (χ0n) is 15.9. The Bertz CT molecular complexity index is 1160. The van der Waals surface area contributed by atoms with Crippen LogP contribution >= 0.6 is 11.6 Å². The molecule has 0 unspecified atom stereocenters. The van der Waals surface area contributed by atoms with Crippen molar-refractivity contribution in [3.8, 4) is 11.3 Å². The summed E-state index contributed by atoms with van der Waals surface area (Å²) in [7, 11) is 0. The first-order chi connectivity index (χ1) is 14.2. The van der Waals surface area contributed by atoms with Gasteiger partial charge in [-0.15, -0.1) is 5.10 Å². The molecule has 1 fully saturated rings. The van der Waals surface area contributed by atoms with Crippen molar-refractivity contribution in [2.75, 3.05) is 23.7 Å². The summed E-state index contributed by atoms with van der Waals surface area (Å²) in [4.78, 5) is 11.8. The Balaban J connectivity index is 1.70. The van der Waals surface area contributed by atoms with Crippen molar-refractivity contribution in [1.29, 1.82) is 0 Å². The minimum Gasteiger partial charge on any atom is -0.383 e. The van der Waals surface area contributed by atoms with Gasteiger partial charge in [0.15, 0.2) is 5.65 Å². The summed E-state index contributed by atoms with van der Waals surface area (Å²) in [5.41, 5.74) is 9.84. The number of rotatable bonds is 4. The van der Waals surface area contributed by atoms with Crippen LogP contribution in [0.15, 0.2) is 54.6 Å². The third-order valence-electron chi connectivity index (χ3n) is 5.32. The third-order valence-corrected chi connectivity index (χ3v) is 5.65. The standard InChI is InChI=1S/C22H21ClN6/c23-17-11-5-4-10-16(17)19-18-20(24)29(14-15-8-2-1-3-9-15)27-21(18)26-22(25-19)28-12-6-7-13-28/h1-5,8-11H,6-7,12-14,24H2. The van der Waals surface area contributed by atoms with Gasteiger partial charge in [0.1, 0.15) is 5.82 Å². The molecule has 0 amide bonds. The number of nitrogens with zero attached hydrogens (tertiary/aromatic N) is 5. The molecule has 1 saturated heterocycles. The average Bonchev–Trinajstić information content (AvgIpc) is 3.38. The van der Waals surface area contributed by atoms with Gasteiger partial charge in [-0.05, 0) is 24.5 Å². The molecule has 0 bridgehead atoms. The highest BCUT2D eigenvalue weighted by Gasteiger charge is 2.23. The van der Waals surface area contributed by atoms with Crippen molar-refractivity contribution in [3.05, 3.63) is 65.2 Å². The normalized spacial score (nSPS) is 14.0. The zero-order chi connectivity index (χ0) is 19.8. The molecular weight excluding hydrogens is 384 g/mol. The Hall–Kier alpha value is -3.12. The number of benzene rings is 2. The van der Waals surface area contributed by atoms with Crippen LogP contribution < -0.4 is 10.6 Å². The molecule has 3 heterocycles. The number of anilines is 2. The fourth-order valence-corrected chi connectivity index (χ4v) is 4.05. The van der Waals surface area contributed by atoms with Crippen molar-refractivity contribution >= 4 is 34.4 Å². The summed E-state index contributed by atoms with van der Waals surface area (Å²) in [6.07, 6.45) is 2.29. The largest absolute Gasteiger partial charge is 0.383 e. The van der Waals surface area contributed by atoms with Crippen molar-refractivity contribution in [2.24, 2.45) is 0 Å². The van der Waals surface area contributed by atoms with Crippen molar-refractivity contribution in [1.82, 2.24) is 19.7 Å². The van der Waals surface area contributed by atoms with Crippen LogP contribution in [-0.4, -0.2) is 32.8 Å². The van der Waals surface area contributed by atoms with Gasteiger partial charge in [-0.25, -0.2) is 9.67 Å². The number of aromatic nitrogens is 4. The molecule has 0 aliphatic carbocycles. The molecule has 2 aromatic heterocycles. The molecule has 1 aliphatic heterocycles. The molecule has 0 saturated carbocycles. The molecule has 2 N–H and O–H groups in total. The first-order valence-electron chi connectivity index (χ1n) is 9.78. The average molecular weight is 405 g/mol. The number of hydrogen-bond donors (Lipinski definition) is 1. The van der Waals surface area contributed by atoms with Gasteiger partial charge in [0, 0.05) is 23.7 Å². The van der Waals surface area contributed by atoms with Gasteiger partial charge in [0.25, 0.3) is 0 Å². The lowest BCUT2D eigenvalue weighted by Crippen LogP contribution is -2.20. The van der Waals surface area contributed by atoms with Crippen LogP contribution in [0.3, 0.4) is 0 Å². The summed E-state index contributed by atoms with van der Waals surface area (Å²) in [6, 6.07) is 17.8. The fraction of sp³-hybridized carbons (Fsp3) is 0.227. The minimum atomic E-state index is 0.548. The van der Waals surface area contributed by atoms with E-state index >= 15 is 0 Å². The second-order valence-corrected chi connectivity index (χ2v) is 7.68.